The van der Waals surface area contributed by atoms with Crippen LogP contribution in [0.1, 0.15) is 17.4 Å². The van der Waals surface area contributed by atoms with Gasteiger partial charge in [0.15, 0.2) is 17.1 Å². The molecule has 132 valence electrons. The topological polar surface area (TPSA) is 118 Å². The van der Waals surface area contributed by atoms with Crippen LogP contribution in [0.2, 0.25) is 0 Å². The van der Waals surface area contributed by atoms with Gasteiger partial charge < -0.3 is 25.0 Å². The van der Waals surface area contributed by atoms with Gasteiger partial charge in [-0.2, -0.15) is 0 Å². The van der Waals surface area contributed by atoms with Crippen molar-refractivity contribution in [1.82, 2.24) is 10.3 Å². The van der Waals surface area contributed by atoms with E-state index >= 15 is 0 Å². The molecule has 1 aliphatic rings. The van der Waals surface area contributed by atoms with Crippen LogP contribution in [-0.4, -0.2) is 52.4 Å². The van der Waals surface area contributed by atoms with Crippen LogP contribution in [0.15, 0.2) is 23.6 Å². The molecule has 1 aromatic carbocycles. The van der Waals surface area contributed by atoms with Gasteiger partial charge >= 0.3 is 5.97 Å². The smallest absolute Gasteiger partial charge is 0.337 e. The number of aromatic nitrogens is 1. The molecule has 1 unspecified atom stereocenters. The normalized spacial score (nSPS) is 15.3. The van der Waals surface area contributed by atoms with E-state index in [0.717, 1.165) is 12.5 Å². The molecule has 3 N–H and O–H groups in total. The minimum absolute atomic E-state index is 0.149. The number of carboxylic acid groups (broad SMARTS) is 1. The maximum atomic E-state index is 12.1. The van der Waals surface area contributed by atoms with Crippen LogP contribution in [0.3, 0.4) is 0 Å². The van der Waals surface area contributed by atoms with E-state index in [2.05, 4.69) is 10.3 Å². The van der Waals surface area contributed by atoms with Crippen molar-refractivity contribution >= 4 is 23.2 Å². The highest BCUT2D eigenvalue weighted by atomic mass is 32.1. The van der Waals surface area contributed by atoms with E-state index in [1.54, 1.807) is 17.5 Å². The monoisotopic (exact) mass is 364 g/mol. The Morgan fingerprint density at radius 1 is 1.32 bits per heavy atom. The summed E-state index contributed by atoms with van der Waals surface area (Å²) in [6, 6.07) is 5.41. The summed E-state index contributed by atoms with van der Waals surface area (Å²) >= 11 is 1.27. The van der Waals surface area contributed by atoms with E-state index in [1.807, 2.05) is 6.07 Å². The lowest BCUT2D eigenvalue weighted by atomic mass is 10.1. The van der Waals surface area contributed by atoms with Crippen LogP contribution < -0.4 is 14.8 Å². The Morgan fingerprint density at radius 2 is 2.04 bits per heavy atom. The third kappa shape index (κ3) is 3.72. The van der Waals surface area contributed by atoms with Crippen molar-refractivity contribution in [3.05, 3.63) is 29.3 Å². The second-order valence-electron chi connectivity index (χ2n) is 5.66. The minimum atomic E-state index is -2.04. The number of aliphatic hydroxyl groups is 1. The number of amides is 1. The molecule has 0 aliphatic carbocycles. The summed E-state index contributed by atoms with van der Waals surface area (Å²) < 4.78 is 11.0. The van der Waals surface area contributed by atoms with E-state index in [0.29, 0.717) is 29.7 Å². The number of nitrogens with one attached hydrogen (secondary N) is 1. The molecule has 9 heteroatoms. The molecular formula is C16H16N2O6S. The Labute approximate surface area is 147 Å². The molecule has 2 aromatic rings. The van der Waals surface area contributed by atoms with Gasteiger partial charge in [-0.15, -0.1) is 11.3 Å². The zero-order chi connectivity index (χ0) is 18.0. The molecule has 25 heavy (non-hydrogen) atoms. The highest BCUT2D eigenvalue weighted by Crippen LogP contribution is 2.35. The number of carboxylic acids is 1. The predicted octanol–water partition coefficient (Wildman–Crippen LogP) is 1.15. The van der Waals surface area contributed by atoms with Crippen molar-refractivity contribution in [3.8, 4) is 22.1 Å². The maximum absolute atomic E-state index is 12.1. The van der Waals surface area contributed by atoms with Crippen LogP contribution in [0, 0.1) is 0 Å². The molecule has 1 aliphatic heterocycles. The molecular weight excluding hydrogens is 348 g/mol. The SMILES string of the molecule is CC(O)(CNC(=O)c1csc(-c2ccc3c(c2)OCCO3)n1)C(=O)O. The zero-order valence-corrected chi connectivity index (χ0v) is 14.1. The van der Waals surface area contributed by atoms with Gasteiger partial charge in [0.25, 0.3) is 5.91 Å². The summed E-state index contributed by atoms with van der Waals surface area (Å²) in [7, 11) is 0. The summed E-state index contributed by atoms with van der Waals surface area (Å²) in [6.45, 7) is 1.68. The Balaban J connectivity index is 1.72. The van der Waals surface area contributed by atoms with Gasteiger partial charge in [-0.25, -0.2) is 9.78 Å². The fourth-order valence-corrected chi connectivity index (χ4v) is 2.90. The van der Waals surface area contributed by atoms with Crippen LogP contribution in [0.5, 0.6) is 11.5 Å². The molecule has 0 bridgehead atoms. The number of hydrogen-bond donors (Lipinski definition) is 3. The molecule has 0 saturated carbocycles. The zero-order valence-electron chi connectivity index (χ0n) is 13.3. The number of hydrogen-bond acceptors (Lipinski definition) is 7. The average molecular weight is 364 g/mol. The van der Waals surface area contributed by atoms with Crippen LogP contribution in [-0.2, 0) is 4.79 Å². The number of aliphatic carboxylic acids is 1. The third-order valence-corrected chi connectivity index (χ3v) is 4.47. The first kappa shape index (κ1) is 17.2. The molecule has 0 spiro atoms. The summed E-state index contributed by atoms with van der Waals surface area (Å²) in [4.78, 5) is 27.2. The van der Waals surface area contributed by atoms with E-state index in [1.165, 1.54) is 11.3 Å². The van der Waals surface area contributed by atoms with E-state index in [4.69, 9.17) is 14.6 Å². The van der Waals surface area contributed by atoms with Crippen LogP contribution in [0.25, 0.3) is 10.6 Å². The number of nitrogens with zero attached hydrogens (tertiary/aromatic N) is 1. The lowest BCUT2D eigenvalue weighted by Gasteiger charge is -2.18. The number of carbonyl (C=O) groups is 2. The Morgan fingerprint density at radius 3 is 2.76 bits per heavy atom. The van der Waals surface area contributed by atoms with Gasteiger partial charge in [-0.3, -0.25) is 4.79 Å². The second kappa shape index (κ2) is 6.69. The van der Waals surface area contributed by atoms with Crippen molar-refractivity contribution in [2.24, 2.45) is 0 Å². The van der Waals surface area contributed by atoms with Gasteiger partial charge in [-0.1, -0.05) is 0 Å². The molecule has 8 nitrogen and oxygen atoms in total. The molecule has 0 saturated heterocycles. The van der Waals surface area contributed by atoms with Crippen LogP contribution in [0.4, 0.5) is 0 Å². The number of carbonyl (C=O) groups excluding carboxylic acids is 1. The quantitative estimate of drug-likeness (QED) is 0.728. The first-order valence-electron chi connectivity index (χ1n) is 7.46. The summed E-state index contributed by atoms with van der Waals surface area (Å²) in [5.41, 5.74) is -1.11. The molecule has 0 fully saturated rings. The summed E-state index contributed by atoms with van der Waals surface area (Å²) in [6.07, 6.45) is 0. The third-order valence-electron chi connectivity index (χ3n) is 3.58. The Bertz CT molecular complexity index is 817. The first-order chi connectivity index (χ1) is 11.9. The van der Waals surface area contributed by atoms with Gasteiger partial charge in [0.1, 0.15) is 23.9 Å². The van der Waals surface area contributed by atoms with Gasteiger partial charge in [0, 0.05) is 10.9 Å². The lowest BCUT2D eigenvalue weighted by molar-refractivity contribution is -0.155. The number of rotatable bonds is 5. The number of ether oxygens (including phenoxy) is 2. The fourth-order valence-electron chi connectivity index (χ4n) is 2.11. The molecule has 1 atom stereocenters. The first-order valence-corrected chi connectivity index (χ1v) is 8.34. The number of fused-ring (bicyclic) bond motifs is 1. The predicted molar refractivity (Wildman–Crippen MR) is 89.1 cm³/mol. The van der Waals surface area contributed by atoms with E-state index in [9.17, 15) is 14.7 Å². The Hall–Kier alpha value is -2.65. The van der Waals surface area contributed by atoms with Gasteiger partial charge in [0.2, 0.25) is 0 Å². The maximum Gasteiger partial charge on any atom is 0.337 e. The van der Waals surface area contributed by atoms with Crippen molar-refractivity contribution in [1.29, 1.82) is 0 Å². The number of benzene rings is 1. The summed E-state index contributed by atoms with van der Waals surface area (Å²) in [5.74, 6) is -0.674. The van der Waals surface area contributed by atoms with Gasteiger partial charge in [0.05, 0.1) is 6.54 Å². The van der Waals surface area contributed by atoms with Gasteiger partial charge in [-0.05, 0) is 25.1 Å². The largest absolute Gasteiger partial charge is 0.486 e. The standard InChI is InChI=1S/C16H16N2O6S/c1-16(22,15(20)21)8-17-13(19)10-7-25-14(18-10)9-2-3-11-12(6-9)24-5-4-23-11/h2-3,6-7,22H,4-5,8H2,1H3,(H,17,19)(H,20,21). The van der Waals surface area contributed by atoms with E-state index in [-0.39, 0.29) is 5.69 Å². The average Bonchev–Trinajstić information content (AvgIpc) is 3.09. The van der Waals surface area contributed by atoms with E-state index < -0.39 is 24.0 Å². The van der Waals surface area contributed by atoms with Crippen molar-refractivity contribution in [2.75, 3.05) is 19.8 Å². The van der Waals surface area contributed by atoms with Crippen molar-refractivity contribution < 1.29 is 29.3 Å². The molecule has 2 heterocycles. The molecule has 0 radical (unpaired) electrons. The molecule has 1 amide bonds. The fraction of sp³-hybridized carbons (Fsp3) is 0.312. The Kier molecular flexibility index (Phi) is 4.60. The lowest BCUT2D eigenvalue weighted by Crippen LogP contribution is -2.46. The number of thiazole rings is 1. The highest BCUT2D eigenvalue weighted by Gasteiger charge is 2.30. The highest BCUT2D eigenvalue weighted by molar-refractivity contribution is 7.13. The molecule has 3 rings (SSSR count). The van der Waals surface area contributed by atoms with Crippen molar-refractivity contribution in [2.45, 2.75) is 12.5 Å². The minimum Gasteiger partial charge on any atom is -0.486 e. The van der Waals surface area contributed by atoms with Crippen molar-refractivity contribution in [3.63, 3.8) is 0 Å². The second-order valence-corrected chi connectivity index (χ2v) is 6.52. The summed E-state index contributed by atoms with van der Waals surface area (Å²) in [5, 5.41) is 23.0. The molecule has 1 aromatic heterocycles. The van der Waals surface area contributed by atoms with Crippen LogP contribution >= 0.6 is 11.3 Å².